The van der Waals surface area contributed by atoms with E-state index in [1.807, 2.05) is 18.2 Å². The average Bonchev–Trinajstić information content (AvgIpc) is 2.53. The number of fused-ring (bicyclic) bond motifs is 1. The fourth-order valence-corrected chi connectivity index (χ4v) is 2.04. The van der Waals surface area contributed by atoms with Gasteiger partial charge in [-0.15, -0.1) is 12.4 Å². The van der Waals surface area contributed by atoms with Gasteiger partial charge in [0.1, 0.15) is 5.75 Å². The highest BCUT2D eigenvalue weighted by Crippen LogP contribution is 2.27. The maximum Gasteiger partial charge on any atom is 0.181 e. The van der Waals surface area contributed by atoms with Crippen molar-refractivity contribution in [3.63, 3.8) is 0 Å². The highest BCUT2D eigenvalue weighted by Gasteiger charge is 2.03. The van der Waals surface area contributed by atoms with Crippen LogP contribution in [0.3, 0.4) is 0 Å². The molecule has 0 aliphatic heterocycles. The number of nitrogens with two attached hydrogens (primary N) is 1. The number of hydrogen-bond donors (Lipinski definition) is 1. The minimum atomic E-state index is 0. The molecule has 3 nitrogen and oxygen atoms in total. The van der Waals surface area contributed by atoms with Gasteiger partial charge < -0.3 is 10.5 Å². The van der Waals surface area contributed by atoms with Crippen LogP contribution < -0.4 is 10.5 Å². The number of nitrogens with zero attached hydrogens (tertiary/aromatic N) is 1. The summed E-state index contributed by atoms with van der Waals surface area (Å²) in [4.78, 5) is 4.19. The first kappa shape index (κ1) is 13.1. The lowest BCUT2D eigenvalue weighted by Crippen LogP contribution is -2.04. The van der Waals surface area contributed by atoms with Gasteiger partial charge in [0.2, 0.25) is 0 Å². The van der Waals surface area contributed by atoms with Crippen LogP contribution >= 0.6 is 23.7 Å². The van der Waals surface area contributed by atoms with E-state index in [4.69, 9.17) is 10.5 Å². The molecule has 0 aliphatic rings. The highest BCUT2D eigenvalue weighted by molar-refractivity contribution is 7.22. The minimum absolute atomic E-state index is 0. The zero-order valence-corrected chi connectivity index (χ0v) is 10.9. The summed E-state index contributed by atoms with van der Waals surface area (Å²) >= 11 is 1.49. The fraction of sp³-hybridized carbons (Fsp3) is 0.364. The third kappa shape index (κ3) is 3.00. The van der Waals surface area contributed by atoms with Gasteiger partial charge in [-0.25, -0.2) is 4.98 Å². The Labute approximate surface area is 105 Å². The normalized spacial score (nSPS) is 10.4. The molecule has 0 aliphatic carbocycles. The lowest BCUT2D eigenvalue weighted by Gasteiger charge is -2.07. The van der Waals surface area contributed by atoms with E-state index in [1.165, 1.54) is 11.3 Å². The van der Waals surface area contributed by atoms with Gasteiger partial charge in [-0.1, -0.05) is 25.2 Å². The average molecular weight is 259 g/mol. The van der Waals surface area contributed by atoms with Crippen LogP contribution in [0.15, 0.2) is 18.2 Å². The van der Waals surface area contributed by atoms with E-state index >= 15 is 0 Å². The molecule has 0 spiro atoms. The molecule has 1 heterocycles. The molecule has 0 fully saturated rings. The number of aromatic nitrogens is 1. The zero-order valence-electron chi connectivity index (χ0n) is 9.27. The van der Waals surface area contributed by atoms with Gasteiger partial charge in [-0.2, -0.15) is 0 Å². The molecule has 2 rings (SSSR count). The molecule has 0 bridgehead atoms. The second-order valence-corrected chi connectivity index (χ2v) is 4.95. The summed E-state index contributed by atoms with van der Waals surface area (Å²) in [6.45, 7) is 4.99. The van der Waals surface area contributed by atoms with Crippen LogP contribution in [0.5, 0.6) is 5.75 Å². The Bertz CT molecular complexity index is 470. The van der Waals surface area contributed by atoms with Crippen molar-refractivity contribution in [3.05, 3.63) is 18.2 Å². The van der Waals surface area contributed by atoms with Crippen molar-refractivity contribution >= 4 is 39.1 Å². The van der Waals surface area contributed by atoms with Crippen LogP contribution in [-0.4, -0.2) is 11.6 Å². The van der Waals surface area contributed by atoms with E-state index in [0.717, 1.165) is 22.6 Å². The monoisotopic (exact) mass is 258 g/mol. The largest absolute Gasteiger partial charge is 0.493 e. The second-order valence-electron chi connectivity index (χ2n) is 3.89. The van der Waals surface area contributed by atoms with Crippen molar-refractivity contribution in [2.75, 3.05) is 12.3 Å². The Kier molecular flexibility index (Phi) is 4.38. The molecule has 2 N–H and O–H groups in total. The summed E-state index contributed by atoms with van der Waals surface area (Å²) in [6.07, 6.45) is 0. The first-order valence-electron chi connectivity index (χ1n) is 4.94. The maximum absolute atomic E-state index is 5.63. The topological polar surface area (TPSA) is 48.1 Å². The van der Waals surface area contributed by atoms with E-state index in [0.29, 0.717) is 11.0 Å². The van der Waals surface area contributed by atoms with Gasteiger partial charge in [-0.05, 0) is 24.1 Å². The SMILES string of the molecule is CC(C)COc1ccc2nc(N)sc2c1.Cl. The Balaban J connectivity index is 0.00000128. The molecule has 1 aromatic carbocycles. The van der Waals surface area contributed by atoms with Crippen LogP contribution in [-0.2, 0) is 0 Å². The van der Waals surface area contributed by atoms with Crippen molar-refractivity contribution in [3.8, 4) is 5.75 Å². The summed E-state index contributed by atoms with van der Waals surface area (Å²) in [5, 5.41) is 0.603. The Hall–Kier alpha value is -1.00. The summed E-state index contributed by atoms with van der Waals surface area (Å²) < 4.78 is 6.70. The third-order valence-corrected chi connectivity index (χ3v) is 2.81. The number of benzene rings is 1. The molecule has 0 radical (unpaired) electrons. The number of hydrogen-bond acceptors (Lipinski definition) is 4. The smallest absolute Gasteiger partial charge is 0.181 e. The van der Waals surface area contributed by atoms with Crippen molar-refractivity contribution in [2.24, 2.45) is 5.92 Å². The first-order valence-corrected chi connectivity index (χ1v) is 5.75. The van der Waals surface area contributed by atoms with Crippen molar-refractivity contribution in [1.29, 1.82) is 0 Å². The standard InChI is InChI=1S/C11H14N2OS.ClH/c1-7(2)6-14-8-3-4-9-10(5-8)15-11(12)13-9;/h3-5,7H,6H2,1-2H3,(H2,12,13);1H. The van der Waals surface area contributed by atoms with E-state index < -0.39 is 0 Å². The Morgan fingerprint density at radius 2 is 2.19 bits per heavy atom. The molecule has 2 aromatic rings. The van der Waals surface area contributed by atoms with Gasteiger partial charge in [-0.3, -0.25) is 0 Å². The number of ether oxygens (including phenoxy) is 1. The number of rotatable bonds is 3. The highest BCUT2D eigenvalue weighted by atomic mass is 35.5. The van der Waals surface area contributed by atoms with Crippen LogP contribution in [0.4, 0.5) is 5.13 Å². The van der Waals surface area contributed by atoms with Gasteiger partial charge in [0.15, 0.2) is 5.13 Å². The lowest BCUT2D eigenvalue weighted by atomic mass is 10.2. The lowest BCUT2D eigenvalue weighted by molar-refractivity contribution is 0.271. The molecular formula is C11H15ClN2OS. The van der Waals surface area contributed by atoms with Crippen LogP contribution in [0.2, 0.25) is 0 Å². The van der Waals surface area contributed by atoms with E-state index in [-0.39, 0.29) is 12.4 Å². The fourth-order valence-electron chi connectivity index (χ4n) is 1.28. The molecule has 5 heteroatoms. The summed E-state index contributed by atoms with van der Waals surface area (Å²) in [5.74, 6) is 1.42. The van der Waals surface area contributed by atoms with E-state index in [9.17, 15) is 0 Å². The molecule has 0 amide bonds. The summed E-state index contributed by atoms with van der Waals surface area (Å²) in [6, 6.07) is 5.87. The quantitative estimate of drug-likeness (QED) is 0.919. The van der Waals surface area contributed by atoms with Gasteiger partial charge in [0.05, 0.1) is 16.8 Å². The molecule has 0 saturated heterocycles. The molecule has 88 valence electrons. The first-order chi connectivity index (χ1) is 7.15. The zero-order chi connectivity index (χ0) is 10.8. The summed E-state index contributed by atoms with van der Waals surface area (Å²) in [5.41, 5.74) is 6.57. The van der Waals surface area contributed by atoms with E-state index in [2.05, 4.69) is 18.8 Å². The molecule has 1 aromatic heterocycles. The van der Waals surface area contributed by atoms with Gasteiger partial charge >= 0.3 is 0 Å². The minimum Gasteiger partial charge on any atom is -0.493 e. The predicted molar refractivity (Wildman–Crippen MR) is 71.6 cm³/mol. The van der Waals surface area contributed by atoms with Crippen molar-refractivity contribution in [1.82, 2.24) is 4.98 Å². The van der Waals surface area contributed by atoms with Crippen molar-refractivity contribution < 1.29 is 4.74 Å². The van der Waals surface area contributed by atoms with Crippen molar-refractivity contribution in [2.45, 2.75) is 13.8 Å². The van der Waals surface area contributed by atoms with Crippen LogP contribution in [0.1, 0.15) is 13.8 Å². The number of anilines is 1. The Morgan fingerprint density at radius 3 is 2.88 bits per heavy atom. The molecule has 0 atom stereocenters. The van der Waals surface area contributed by atoms with Gasteiger partial charge in [0.25, 0.3) is 0 Å². The summed E-state index contributed by atoms with van der Waals surface area (Å²) in [7, 11) is 0. The molecule has 16 heavy (non-hydrogen) atoms. The van der Waals surface area contributed by atoms with Crippen LogP contribution in [0.25, 0.3) is 10.2 Å². The molecular weight excluding hydrogens is 244 g/mol. The van der Waals surface area contributed by atoms with Crippen LogP contribution in [0, 0.1) is 5.92 Å². The number of halogens is 1. The van der Waals surface area contributed by atoms with E-state index in [1.54, 1.807) is 0 Å². The number of nitrogen functional groups attached to an aromatic ring is 1. The Morgan fingerprint density at radius 1 is 1.44 bits per heavy atom. The second kappa shape index (κ2) is 5.37. The number of thiazole rings is 1. The van der Waals surface area contributed by atoms with Gasteiger partial charge in [0, 0.05) is 0 Å². The molecule has 0 unspecified atom stereocenters. The molecule has 0 saturated carbocycles. The maximum atomic E-state index is 5.63. The predicted octanol–water partition coefficient (Wildman–Crippen LogP) is 3.34. The third-order valence-electron chi connectivity index (χ3n) is 1.96.